The molecule has 10 rings (SSSR count). The third-order valence-corrected chi connectivity index (χ3v) is 10.2. The van der Waals surface area contributed by atoms with Crippen LogP contribution in [0.25, 0.3) is 76.8 Å². The number of rotatable bonds is 7. The zero-order valence-corrected chi connectivity index (χ0v) is 29.6. The number of fused-ring (bicyclic) bond motifs is 4. The van der Waals surface area contributed by atoms with Crippen LogP contribution in [-0.4, -0.2) is 0 Å². The van der Waals surface area contributed by atoms with E-state index in [9.17, 15) is 5.48 Å². The van der Waals surface area contributed by atoms with Gasteiger partial charge in [0.1, 0.15) is 0 Å². The maximum absolute atomic E-state index is 9.49. The standard InChI is InChI=1S/C54H37N/c1-3-13-38(14-4-1)39-23-30-45(31-24-39)55(46-32-25-42(26-33-46)53-37-44-18-8-9-19-48(44)51-21-11-12-22-52(51)53)47-34-27-43(28-35-47)54-49-20-10-7-17-41(49)29-36-50(54)40-15-5-2-6-16-40/h1-37H/i1D,3D,4D,13D,14D,23D,24D,30D,31D. The van der Waals surface area contributed by atoms with Gasteiger partial charge in [0.05, 0.1) is 12.3 Å². The zero-order chi connectivity index (χ0) is 44.4. The normalized spacial score (nSPS) is 13.6. The van der Waals surface area contributed by atoms with Crippen LogP contribution in [0.4, 0.5) is 17.1 Å². The summed E-state index contributed by atoms with van der Waals surface area (Å²) >= 11 is 0. The fourth-order valence-corrected chi connectivity index (χ4v) is 7.63. The van der Waals surface area contributed by atoms with Crippen LogP contribution < -0.4 is 4.90 Å². The maximum Gasteiger partial charge on any atom is 0.0645 e. The molecule has 0 unspecified atom stereocenters. The van der Waals surface area contributed by atoms with E-state index in [1.165, 1.54) is 0 Å². The van der Waals surface area contributed by atoms with E-state index in [-0.39, 0.29) is 16.8 Å². The summed E-state index contributed by atoms with van der Waals surface area (Å²) < 4.78 is 79.5. The van der Waals surface area contributed by atoms with Gasteiger partial charge in [-0.3, -0.25) is 0 Å². The number of hydrogen-bond acceptors (Lipinski definition) is 1. The van der Waals surface area contributed by atoms with E-state index in [0.717, 1.165) is 65.7 Å². The lowest BCUT2D eigenvalue weighted by Crippen LogP contribution is -2.09. The Morgan fingerprint density at radius 2 is 0.855 bits per heavy atom. The Balaban J connectivity index is 1.17. The molecule has 0 aromatic heterocycles. The van der Waals surface area contributed by atoms with Gasteiger partial charge >= 0.3 is 0 Å². The molecule has 0 aliphatic heterocycles. The van der Waals surface area contributed by atoms with Crippen LogP contribution in [0.5, 0.6) is 0 Å². The molecule has 10 aromatic rings. The summed E-state index contributed by atoms with van der Waals surface area (Å²) in [4.78, 5) is 1.69. The predicted molar refractivity (Wildman–Crippen MR) is 235 cm³/mol. The molecule has 0 heterocycles. The lowest BCUT2D eigenvalue weighted by molar-refractivity contribution is 1.28. The Bertz CT molecular complexity index is 3420. The summed E-state index contributed by atoms with van der Waals surface area (Å²) in [7, 11) is 0. The van der Waals surface area contributed by atoms with Gasteiger partial charge < -0.3 is 4.90 Å². The lowest BCUT2D eigenvalue weighted by atomic mass is 9.89. The summed E-state index contributed by atoms with van der Waals surface area (Å²) in [6.45, 7) is 0. The SMILES string of the molecule is [2H]c1c([2H])c([2H])c(-c2c([2H])c([2H])c(N(c3ccc(-c4c(-c5ccccc5)ccc5ccccc45)cc3)c3ccc(-c4cc5ccccc5c5ccccc45)cc3)c([2H])c2[2H])c([2H])c1[2H]. The van der Waals surface area contributed by atoms with Crippen molar-refractivity contribution in [3.8, 4) is 44.5 Å². The van der Waals surface area contributed by atoms with Crippen molar-refractivity contribution in [3.05, 3.63) is 224 Å². The average molecular weight is 709 g/mol. The van der Waals surface area contributed by atoms with E-state index in [0.29, 0.717) is 11.4 Å². The Labute approximate surface area is 334 Å². The van der Waals surface area contributed by atoms with Crippen molar-refractivity contribution in [3.63, 3.8) is 0 Å². The molecule has 0 amide bonds. The van der Waals surface area contributed by atoms with Crippen LogP contribution in [0.3, 0.4) is 0 Å². The van der Waals surface area contributed by atoms with Crippen molar-refractivity contribution in [2.24, 2.45) is 0 Å². The molecule has 0 aliphatic rings. The minimum atomic E-state index is -0.625. The van der Waals surface area contributed by atoms with Crippen molar-refractivity contribution in [1.29, 1.82) is 0 Å². The molecule has 0 atom stereocenters. The highest BCUT2D eigenvalue weighted by Crippen LogP contribution is 2.42. The van der Waals surface area contributed by atoms with Gasteiger partial charge in [-0.15, -0.1) is 0 Å². The van der Waals surface area contributed by atoms with E-state index in [2.05, 4.69) is 66.7 Å². The summed E-state index contributed by atoms with van der Waals surface area (Å²) in [5, 5.41) is 6.64. The van der Waals surface area contributed by atoms with Crippen molar-refractivity contribution in [2.75, 3.05) is 4.90 Å². The molecule has 10 aromatic carbocycles. The van der Waals surface area contributed by atoms with E-state index in [1.807, 2.05) is 103 Å². The van der Waals surface area contributed by atoms with Gasteiger partial charge in [-0.1, -0.05) is 182 Å². The summed E-state index contributed by atoms with van der Waals surface area (Å²) in [5.41, 5.74) is 6.40. The van der Waals surface area contributed by atoms with Gasteiger partial charge in [-0.2, -0.15) is 0 Å². The van der Waals surface area contributed by atoms with Gasteiger partial charge in [0.2, 0.25) is 0 Å². The van der Waals surface area contributed by atoms with E-state index in [1.54, 1.807) is 4.90 Å². The smallest absolute Gasteiger partial charge is 0.0645 e. The molecule has 0 bridgehead atoms. The van der Waals surface area contributed by atoms with Crippen LogP contribution in [0.15, 0.2) is 224 Å². The Morgan fingerprint density at radius 1 is 0.309 bits per heavy atom. The first-order valence-electron chi connectivity index (χ1n) is 22.7. The Kier molecular flexibility index (Phi) is 6.14. The molecule has 0 spiro atoms. The highest BCUT2D eigenvalue weighted by atomic mass is 15.1. The van der Waals surface area contributed by atoms with Gasteiger partial charge in [-0.25, -0.2) is 0 Å². The van der Waals surface area contributed by atoms with Crippen LogP contribution in [0.1, 0.15) is 12.3 Å². The fraction of sp³-hybridized carbons (Fsp3) is 0. The minimum Gasteiger partial charge on any atom is -0.311 e. The minimum absolute atomic E-state index is 0.0575. The summed E-state index contributed by atoms with van der Waals surface area (Å²) in [6.07, 6.45) is 0. The molecule has 1 nitrogen and oxygen atoms in total. The molecule has 0 saturated carbocycles. The maximum atomic E-state index is 9.49. The van der Waals surface area contributed by atoms with E-state index >= 15 is 0 Å². The highest BCUT2D eigenvalue weighted by Gasteiger charge is 2.17. The second kappa shape index (κ2) is 14.0. The van der Waals surface area contributed by atoms with Gasteiger partial charge in [0, 0.05) is 17.1 Å². The summed E-state index contributed by atoms with van der Waals surface area (Å²) in [5.74, 6) is 0. The Morgan fingerprint density at radius 3 is 1.56 bits per heavy atom. The van der Waals surface area contributed by atoms with Gasteiger partial charge in [-0.05, 0) is 119 Å². The largest absolute Gasteiger partial charge is 0.311 e. The predicted octanol–water partition coefficient (Wildman–Crippen LogP) is 15.3. The zero-order valence-electron chi connectivity index (χ0n) is 38.6. The number of hydrogen-bond donors (Lipinski definition) is 0. The molecule has 258 valence electrons. The third-order valence-electron chi connectivity index (χ3n) is 10.2. The second-order valence-corrected chi connectivity index (χ2v) is 13.4. The molecule has 55 heavy (non-hydrogen) atoms. The van der Waals surface area contributed by atoms with E-state index in [4.69, 9.17) is 6.85 Å². The summed E-state index contributed by atoms with van der Waals surface area (Å²) in [6, 6.07) is 52.1. The molecule has 1 heteroatoms. The van der Waals surface area contributed by atoms with Gasteiger partial charge in [0.25, 0.3) is 0 Å². The lowest BCUT2D eigenvalue weighted by Gasteiger charge is -2.26. The molecule has 0 radical (unpaired) electrons. The van der Waals surface area contributed by atoms with Crippen LogP contribution >= 0.6 is 0 Å². The molecular formula is C54H37N. The molecule has 0 fully saturated rings. The Hall–Kier alpha value is -7.22. The number of anilines is 3. The highest BCUT2D eigenvalue weighted by molar-refractivity contribution is 6.14. The molecular weight excluding hydrogens is 663 g/mol. The van der Waals surface area contributed by atoms with E-state index < -0.39 is 54.4 Å². The number of benzene rings is 10. The molecule has 0 saturated heterocycles. The monoisotopic (exact) mass is 708 g/mol. The number of nitrogens with zero attached hydrogens (tertiary/aromatic N) is 1. The van der Waals surface area contributed by atoms with Crippen molar-refractivity contribution in [2.45, 2.75) is 0 Å². The van der Waals surface area contributed by atoms with Crippen LogP contribution in [0, 0.1) is 0 Å². The molecule has 0 N–H and O–H groups in total. The second-order valence-electron chi connectivity index (χ2n) is 13.4. The van der Waals surface area contributed by atoms with Crippen molar-refractivity contribution in [1.82, 2.24) is 0 Å². The topological polar surface area (TPSA) is 3.24 Å². The average Bonchev–Trinajstić information content (AvgIpc) is 3.34. The van der Waals surface area contributed by atoms with Crippen LogP contribution in [0.2, 0.25) is 0 Å². The quantitative estimate of drug-likeness (QED) is 0.149. The molecule has 0 aliphatic carbocycles. The fourth-order valence-electron chi connectivity index (χ4n) is 7.63. The first kappa shape index (κ1) is 24.2. The van der Waals surface area contributed by atoms with Gasteiger partial charge in [0.15, 0.2) is 0 Å². The van der Waals surface area contributed by atoms with Crippen molar-refractivity contribution >= 4 is 49.4 Å². The van der Waals surface area contributed by atoms with Crippen molar-refractivity contribution < 1.29 is 12.3 Å². The van der Waals surface area contributed by atoms with Crippen LogP contribution in [-0.2, 0) is 0 Å². The third kappa shape index (κ3) is 6.02. The first-order valence-corrected chi connectivity index (χ1v) is 18.2. The first-order chi connectivity index (χ1) is 31.0.